The molecule has 6 heteroatoms. The summed E-state index contributed by atoms with van der Waals surface area (Å²) < 4.78 is 5.11. The Morgan fingerprint density at radius 3 is 2.57 bits per heavy atom. The van der Waals surface area contributed by atoms with Gasteiger partial charge in [-0.3, -0.25) is 9.59 Å². The maximum atomic E-state index is 11.8. The molecule has 0 spiro atoms. The number of rotatable bonds is 4. The lowest BCUT2D eigenvalue weighted by Gasteiger charge is -2.19. The van der Waals surface area contributed by atoms with Gasteiger partial charge in [0.2, 0.25) is 5.91 Å². The van der Waals surface area contributed by atoms with E-state index >= 15 is 0 Å². The van der Waals surface area contributed by atoms with Crippen LogP contribution in [0.25, 0.3) is 0 Å². The predicted octanol–water partition coefficient (Wildman–Crippen LogP) is 3.27. The number of nitriles is 1. The Hall–Kier alpha value is -2.06. The van der Waals surface area contributed by atoms with Crippen molar-refractivity contribution in [3.05, 3.63) is 28.8 Å². The van der Waals surface area contributed by atoms with E-state index in [0.717, 1.165) is 0 Å². The molecule has 5 nitrogen and oxygen atoms in total. The fourth-order valence-electron chi connectivity index (χ4n) is 1.54. The van der Waals surface area contributed by atoms with Crippen molar-refractivity contribution in [2.75, 3.05) is 5.32 Å². The zero-order valence-corrected chi connectivity index (χ0v) is 13.0. The molecule has 1 rings (SSSR count). The third-order valence-electron chi connectivity index (χ3n) is 2.35. The minimum Gasteiger partial charge on any atom is -0.460 e. The zero-order chi connectivity index (χ0) is 16.0. The van der Waals surface area contributed by atoms with E-state index in [-0.39, 0.29) is 18.7 Å². The van der Waals surface area contributed by atoms with Gasteiger partial charge in [-0.25, -0.2) is 0 Å². The first-order chi connectivity index (χ1) is 9.71. The highest BCUT2D eigenvalue weighted by atomic mass is 35.5. The van der Waals surface area contributed by atoms with Crippen LogP contribution in [0, 0.1) is 11.3 Å². The Kier molecular flexibility index (Phi) is 5.74. The highest BCUT2D eigenvalue weighted by Gasteiger charge is 2.17. The van der Waals surface area contributed by atoms with Crippen LogP contribution in [-0.4, -0.2) is 17.5 Å². The Morgan fingerprint density at radius 1 is 1.33 bits per heavy atom. The first-order valence-corrected chi connectivity index (χ1v) is 6.80. The van der Waals surface area contributed by atoms with Gasteiger partial charge in [-0.1, -0.05) is 11.6 Å². The Labute approximate surface area is 128 Å². The van der Waals surface area contributed by atoms with Crippen molar-refractivity contribution >= 4 is 29.2 Å². The molecule has 0 aliphatic heterocycles. The van der Waals surface area contributed by atoms with Crippen LogP contribution in [0.2, 0.25) is 5.02 Å². The molecule has 0 heterocycles. The van der Waals surface area contributed by atoms with E-state index in [1.807, 2.05) is 6.07 Å². The smallest absolute Gasteiger partial charge is 0.306 e. The number of carbonyl (C=O) groups is 2. The van der Waals surface area contributed by atoms with Gasteiger partial charge in [0, 0.05) is 11.4 Å². The van der Waals surface area contributed by atoms with Gasteiger partial charge in [0.25, 0.3) is 0 Å². The fraction of sp³-hybridized carbons (Fsp3) is 0.400. The molecular weight excluding hydrogens is 292 g/mol. The number of nitrogens with one attached hydrogen (secondary N) is 1. The number of anilines is 1. The standard InChI is InChI=1S/C15H17ClN2O3/c1-15(2,3)21-14(20)7-6-13(19)18-12-8-11(16)5-4-10(12)9-17/h4-5,8H,6-7H2,1-3H3,(H,18,19). The number of hydrogen-bond acceptors (Lipinski definition) is 4. The molecule has 1 aromatic rings. The monoisotopic (exact) mass is 308 g/mol. The highest BCUT2D eigenvalue weighted by Crippen LogP contribution is 2.20. The van der Waals surface area contributed by atoms with Crippen LogP contribution in [-0.2, 0) is 14.3 Å². The molecule has 0 atom stereocenters. The molecular formula is C15H17ClN2O3. The molecule has 1 N–H and O–H groups in total. The molecule has 0 radical (unpaired) electrons. The Balaban J connectivity index is 2.57. The Morgan fingerprint density at radius 2 is 2.00 bits per heavy atom. The van der Waals surface area contributed by atoms with Crippen molar-refractivity contribution in [3.63, 3.8) is 0 Å². The number of hydrogen-bond donors (Lipinski definition) is 1. The molecule has 0 saturated carbocycles. The molecule has 0 aliphatic rings. The summed E-state index contributed by atoms with van der Waals surface area (Å²) in [5.41, 5.74) is 0.0679. The summed E-state index contributed by atoms with van der Waals surface area (Å²) in [7, 11) is 0. The van der Waals surface area contributed by atoms with Gasteiger partial charge in [0.05, 0.1) is 17.7 Å². The molecule has 0 fully saturated rings. The number of carbonyl (C=O) groups excluding carboxylic acids is 2. The van der Waals surface area contributed by atoms with E-state index in [1.165, 1.54) is 12.1 Å². The second-order valence-electron chi connectivity index (χ2n) is 5.44. The van der Waals surface area contributed by atoms with E-state index in [0.29, 0.717) is 16.3 Å². The average Bonchev–Trinajstić information content (AvgIpc) is 2.35. The van der Waals surface area contributed by atoms with Gasteiger partial charge in [-0.2, -0.15) is 5.26 Å². The average molecular weight is 309 g/mol. The number of benzene rings is 1. The first kappa shape index (κ1) is 17.0. The van der Waals surface area contributed by atoms with Crippen molar-refractivity contribution in [1.82, 2.24) is 0 Å². The van der Waals surface area contributed by atoms with Crippen molar-refractivity contribution in [3.8, 4) is 6.07 Å². The van der Waals surface area contributed by atoms with Crippen molar-refractivity contribution < 1.29 is 14.3 Å². The van der Waals surface area contributed by atoms with Crippen LogP contribution in [0.15, 0.2) is 18.2 Å². The second-order valence-corrected chi connectivity index (χ2v) is 5.87. The normalized spacial score (nSPS) is 10.6. The van der Waals surface area contributed by atoms with Crippen LogP contribution in [0.1, 0.15) is 39.2 Å². The predicted molar refractivity (Wildman–Crippen MR) is 79.9 cm³/mol. The lowest BCUT2D eigenvalue weighted by atomic mass is 10.2. The summed E-state index contributed by atoms with van der Waals surface area (Å²) in [5.74, 6) is -0.816. The lowest BCUT2D eigenvalue weighted by molar-refractivity contribution is -0.155. The second kappa shape index (κ2) is 7.09. The van der Waals surface area contributed by atoms with Crippen LogP contribution in [0.4, 0.5) is 5.69 Å². The minimum atomic E-state index is -0.575. The summed E-state index contributed by atoms with van der Waals surface area (Å²) in [4.78, 5) is 23.3. The molecule has 112 valence electrons. The molecule has 0 aromatic heterocycles. The summed E-state index contributed by atoms with van der Waals surface area (Å²) in [5, 5.41) is 11.9. The molecule has 0 saturated heterocycles. The third-order valence-corrected chi connectivity index (χ3v) is 2.59. The number of ether oxygens (including phenoxy) is 1. The minimum absolute atomic E-state index is 0.0215. The van der Waals surface area contributed by atoms with Crippen molar-refractivity contribution in [2.45, 2.75) is 39.2 Å². The summed E-state index contributed by atoms with van der Waals surface area (Å²) in [6, 6.07) is 6.54. The molecule has 1 aromatic carbocycles. The number of halogens is 1. The third kappa shape index (κ3) is 6.28. The lowest BCUT2D eigenvalue weighted by Crippen LogP contribution is -2.24. The summed E-state index contributed by atoms with van der Waals surface area (Å²) >= 11 is 5.82. The first-order valence-electron chi connectivity index (χ1n) is 6.42. The van der Waals surface area contributed by atoms with E-state index in [1.54, 1.807) is 26.8 Å². The molecule has 0 bridgehead atoms. The quantitative estimate of drug-likeness (QED) is 0.866. The molecule has 0 aliphatic carbocycles. The van der Waals surface area contributed by atoms with E-state index in [9.17, 15) is 9.59 Å². The molecule has 1 amide bonds. The van der Waals surface area contributed by atoms with Crippen LogP contribution in [0.3, 0.4) is 0 Å². The van der Waals surface area contributed by atoms with Gasteiger partial charge >= 0.3 is 5.97 Å². The molecule has 21 heavy (non-hydrogen) atoms. The van der Waals surface area contributed by atoms with Gasteiger partial charge in [0.1, 0.15) is 11.7 Å². The summed E-state index contributed by atoms with van der Waals surface area (Å²) in [6.07, 6.45) is -0.0438. The number of esters is 1. The maximum Gasteiger partial charge on any atom is 0.306 e. The fourth-order valence-corrected chi connectivity index (χ4v) is 1.71. The van der Waals surface area contributed by atoms with Gasteiger partial charge < -0.3 is 10.1 Å². The van der Waals surface area contributed by atoms with E-state index < -0.39 is 11.6 Å². The number of amides is 1. The van der Waals surface area contributed by atoms with Crippen LogP contribution < -0.4 is 5.32 Å². The Bertz CT molecular complexity index is 586. The largest absolute Gasteiger partial charge is 0.460 e. The summed E-state index contributed by atoms with van der Waals surface area (Å²) in [6.45, 7) is 5.28. The van der Waals surface area contributed by atoms with Crippen molar-refractivity contribution in [2.24, 2.45) is 0 Å². The van der Waals surface area contributed by atoms with Gasteiger partial charge in [-0.05, 0) is 39.0 Å². The zero-order valence-electron chi connectivity index (χ0n) is 12.2. The van der Waals surface area contributed by atoms with E-state index in [2.05, 4.69) is 5.32 Å². The number of nitrogens with zero attached hydrogens (tertiary/aromatic N) is 1. The highest BCUT2D eigenvalue weighted by molar-refractivity contribution is 6.31. The van der Waals surface area contributed by atoms with E-state index in [4.69, 9.17) is 21.6 Å². The van der Waals surface area contributed by atoms with Crippen molar-refractivity contribution in [1.29, 1.82) is 5.26 Å². The topological polar surface area (TPSA) is 79.2 Å². The van der Waals surface area contributed by atoms with Crippen LogP contribution >= 0.6 is 11.6 Å². The maximum absolute atomic E-state index is 11.8. The molecule has 0 unspecified atom stereocenters. The SMILES string of the molecule is CC(C)(C)OC(=O)CCC(=O)Nc1cc(Cl)ccc1C#N. The van der Waals surface area contributed by atoms with Crippen LogP contribution in [0.5, 0.6) is 0 Å². The van der Waals surface area contributed by atoms with Gasteiger partial charge in [-0.15, -0.1) is 0 Å². The van der Waals surface area contributed by atoms with Gasteiger partial charge in [0.15, 0.2) is 0 Å².